The fourth-order valence-electron chi connectivity index (χ4n) is 3.18. The molecular formula is C24H32O3. The highest BCUT2D eigenvalue weighted by molar-refractivity contribution is 5.68. The lowest BCUT2D eigenvalue weighted by Gasteiger charge is -2.11. The smallest absolute Gasteiger partial charge is 0.394 e. The second kappa shape index (κ2) is 12.2. The minimum absolute atomic E-state index is 0.564. The molecule has 0 fully saturated rings. The van der Waals surface area contributed by atoms with Crippen molar-refractivity contribution >= 4 is 6.16 Å². The molecule has 0 aromatic heterocycles. The van der Waals surface area contributed by atoms with Crippen LogP contribution in [0.25, 0.3) is 0 Å². The number of para-hydroxylation sites is 2. The van der Waals surface area contributed by atoms with Gasteiger partial charge in [-0.25, -0.2) is 4.79 Å². The summed E-state index contributed by atoms with van der Waals surface area (Å²) in [7, 11) is 0. The number of hydrogen-bond acceptors (Lipinski definition) is 3. The molecule has 0 bridgehead atoms. The van der Waals surface area contributed by atoms with Crippen molar-refractivity contribution in [3.8, 4) is 11.5 Å². The normalized spacial score (nSPS) is 10.6. The molecule has 0 amide bonds. The molecule has 2 aromatic carbocycles. The van der Waals surface area contributed by atoms with Crippen LogP contribution >= 0.6 is 0 Å². The Bertz CT molecular complexity index is 694. The Kier molecular flexibility index (Phi) is 9.47. The standard InChI is InChI=1S/C24H32O3/c1-3-5-6-7-8-9-10-16-21-17-12-14-19-23(21)27-24(25)26-22-18-13-11-15-20(22)4-2/h11-15,17-19H,3-10,16H2,1-2H3. The van der Waals surface area contributed by atoms with E-state index in [0.717, 1.165) is 30.4 Å². The van der Waals surface area contributed by atoms with Crippen LogP contribution in [0.2, 0.25) is 0 Å². The molecule has 0 atom stereocenters. The van der Waals surface area contributed by atoms with Gasteiger partial charge in [-0.3, -0.25) is 0 Å². The minimum Gasteiger partial charge on any atom is -0.394 e. The molecule has 0 heterocycles. The number of ether oxygens (including phenoxy) is 2. The molecule has 0 aliphatic heterocycles. The zero-order valence-corrected chi connectivity index (χ0v) is 16.7. The van der Waals surface area contributed by atoms with Crippen LogP contribution in [-0.4, -0.2) is 6.16 Å². The first-order valence-electron chi connectivity index (χ1n) is 10.3. The predicted molar refractivity (Wildman–Crippen MR) is 111 cm³/mol. The Morgan fingerprint density at radius 1 is 0.704 bits per heavy atom. The van der Waals surface area contributed by atoms with Crippen molar-refractivity contribution in [2.45, 2.75) is 71.6 Å². The predicted octanol–water partition coefficient (Wildman–Crippen LogP) is 7.12. The Hall–Kier alpha value is -2.29. The number of aryl methyl sites for hydroxylation is 2. The molecule has 2 aromatic rings. The lowest BCUT2D eigenvalue weighted by atomic mass is 10.0. The van der Waals surface area contributed by atoms with E-state index in [0.29, 0.717) is 11.5 Å². The van der Waals surface area contributed by atoms with E-state index in [2.05, 4.69) is 6.92 Å². The fourth-order valence-corrected chi connectivity index (χ4v) is 3.18. The van der Waals surface area contributed by atoms with E-state index in [4.69, 9.17) is 9.47 Å². The van der Waals surface area contributed by atoms with E-state index < -0.39 is 6.16 Å². The second-order valence-corrected chi connectivity index (χ2v) is 6.89. The monoisotopic (exact) mass is 368 g/mol. The summed E-state index contributed by atoms with van der Waals surface area (Å²) in [6.45, 7) is 4.27. The number of benzene rings is 2. The lowest BCUT2D eigenvalue weighted by molar-refractivity contribution is 0.151. The number of unbranched alkanes of at least 4 members (excludes halogenated alkanes) is 6. The Morgan fingerprint density at radius 2 is 1.22 bits per heavy atom. The van der Waals surface area contributed by atoms with Gasteiger partial charge in [-0.1, -0.05) is 88.8 Å². The van der Waals surface area contributed by atoms with Crippen LogP contribution in [-0.2, 0) is 12.8 Å². The summed E-state index contributed by atoms with van der Waals surface area (Å²) < 4.78 is 10.9. The largest absolute Gasteiger partial charge is 0.519 e. The molecule has 0 unspecified atom stereocenters. The molecule has 0 aliphatic carbocycles. The SMILES string of the molecule is CCCCCCCCCc1ccccc1OC(=O)Oc1ccccc1CC. The van der Waals surface area contributed by atoms with Crippen LogP contribution < -0.4 is 9.47 Å². The lowest BCUT2D eigenvalue weighted by Crippen LogP contribution is -2.15. The third-order valence-electron chi connectivity index (χ3n) is 4.76. The van der Waals surface area contributed by atoms with Crippen molar-refractivity contribution in [1.82, 2.24) is 0 Å². The maximum absolute atomic E-state index is 12.2. The van der Waals surface area contributed by atoms with Crippen LogP contribution in [0.3, 0.4) is 0 Å². The van der Waals surface area contributed by atoms with Gasteiger partial charge in [0.2, 0.25) is 0 Å². The molecule has 146 valence electrons. The van der Waals surface area contributed by atoms with Crippen LogP contribution in [0.15, 0.2) is 48.5 Å². The van der Waals surface area contributed by atoms with E-state index in [1.165, 1.54) is 38.5 Å². The summed E-state index contributed by atoms with van der Waals surface area (Å²) in [6.07, 6.45) is 9.91. The van der Waals surface area contributed by atoms with E-state index in [9.17, 15) is 4.79 Å². The first-order chi connectivity index (χ1) is 13.2. The van der Waals surface area contributed by atoms with Gasteiger partial charge in [0.05, 0.1) is 0 Å². The Balaban J connectivity index is 1.84. The van der Waals surface area contributed by atoms with Crippen molar-refractivity contribution in [2.24, 2.45) is 0 Å². The summed E-state index contributed by atoms with van der Waals surface area (Å²) in [5.74, 6) is 1.16. The second-order valence-electron chi connectivity index (χ2n) is 6.89. The molecule has 0 N–H and O–H groups in total. The van der Waals surface area contributed by atoms with Crippen molar-refractivity contribution in [2.75, 3.05) is 0 Å². The van der Waals surface area contributed by atoms with Crippen molar-refractivity contribution in [1.29, 1.82) is 0 Å². The van der Waals surface area contributed by atoms with Crippen molar-refractivity contribution in [3.05, 3.63) is 59.7 Å². The summed E-state index contributed by atoms with van der Waals surface area (Å²) >= 11 is 0. The van der Waals surface area contributed by atoms with Gasteiger partial charge in [0.15, 0.2) is 0 Å². The summed E-state index contributed by atoms with van der Waals surface area (Å²) in [6, 6.07) is 15.3. The van der Waals surface area contributed by atoms with Gasteiger partial charge in [-0.05, 0) is 42.5 Å². The highest BCUT2D eigenvalue weighted by Crippen LogP contribution is 2.23. The molecule has 0 radical (unpaired) electrons. The average molecular weight is 369 g/mol. The third-order valence-corrected chi connectivity index (χ3v) is 4.76. The van der Waals surface area contributed by atoms with E-state index in [1.54, 1.807) is 6.07 Å². The maximum atomic E-state index is 12.2. The van der Waals surface area contributed by atoms with Crippen molar-refractivity contribution in [3.63, 3.8) is 0 Å². The molecule has 3 nitrogen and oxygen atoms in total. The third kappa shape index (κ3) is 7.46. The summed E-state index contributed by atoms with van der Waals surface area (Å²) in [5.41, 5.74) is 2.05. The van der Waals surface area contributed by atoms with Crippen molar-refractivity contribution < 1.29 is 14.3 Å². The van der Waals surface area contributed by atoms with E-state index >= 15 is 0 Å². The highest BCUT2D eigenvalue weighted by Gasteiger charge is 2.13. The molecule has 0 saturated heterocycles. The van der Waals surface area contributed by atoms with E-state index in [1.807, 2.05) is 49.4 Å². The Morgan fingerprint density at radius 3 is 1.85 bits per heavy atom. The zero-order chi connectivity index (χ0) is 19.3. The average Bonchev–Trinajstić information content (AvgIpc) is 2.69. The van der Waals surface area contributed by atoms with Gasteiger partial charge in [0.25, 0.3) is 0 Å². The van der Waals surface area contributed by atoms with E-state index in [-0.39, 0.29) is 0 Å². The first kappa shape index (κ1) is 21.0. The molecular weight excluding hydrogens is 336 g/mol. The molecule has 0 spiro atoms. The highest BCUT2D eigenvalue weighted by atomic mass is 16.7. The maximum Gasteiger partial charge on any atom is 0.519 e. The molecule has 27 heavy (non-hydrogen) atoms. The fraction of sp³-hybridized carbons (Fsp3) is 0.458. The minimum atomic E-state index is -0.678. The molecule has 0 aliphatic rings. The quantitative estimate of drug-likeness (QED) is 0.241. The number of rotatable bonds is 11. The van der Waals surface area contributed by atoms with Crippen LogP contribution in [0, 0.1) is 0 Å². The van der Waals surface area contributed by atoms with Gasteiger partial charge in [0, 0.05) is 0 Å². The number of carbonyl (C=O) groups excluding carboxylic acids is 1. The molecule has 3 heteroatoms. The van der Waals surface area contributed by atoms with Gasteiger partial charge in [-0.2, -0.15) is 0 Å². The Labute approximate surface area is 163 Å². The summed E-state index contributed by atoms with van der Waals surface area (Å²) in [5, 5.41) is 0. The van der Waals surface area contributed by atoms with Gasteiger partial charge in [0.1, 0.15) is 11.5 Å². The first-order valence-corrected chi connectivity index (χ1v) is 10.3. The van der Waals surface area contributed by atoms with Crippen LogP contribution in [0.4, 0.5) is 4.79 Å². The topological polar surface area (TPSA) is 35.5 Å². The number of carbonyl (C=O) groups is 1. The summed E-state index contributed by atoms with van der Waals surface area (Å²) in [4.78, 5) is 12.2. The van der Waals surface area contributed by atoms with Crippen LogP contribution in [0.5, 0.6) is 11.5 Å². The molecule has 0 saturated carbocycles. The van der Waals surface area contributed by atoms with Crippen LogP contribution in [0.1, 0.15) is 69.9 Å². The molecule has 2 rings (SSSR count). The zero-order valence-electron chi connectivity index (χ0n) is 16.7. The van der Waals surface area contributed by atoms with Gasteiger partial charge in [-0.15, -0.1) is 0 Å². The number of hydrogen-bond donors (Lipinski definition) is 0. The van der Waals surface area contributed by atoms with Gasteiger partial charge < -0.3 is 9.47 Å². The van der Waals surface area contributed by atoms with Gasteiger partial charge >= 0.3 is 6.16 Å².